The van der Waals surface area contributed by atoms with Gasteiger partial charge < -0.3 is 4.90 Å². The molecule has 1 aliphatic rings. The second kappa shape index (κ2) is 8.33. The topological polar surface area (TPSA) is 52.7 Å². The molecule has 0 spiro atoms. The molecule has 5 nitrogen and oxygen atoms in total. The Morgan fingerprint density at radius 2 is 1.59 bits per heavy atom. The summed E-state index contributed by atoms with van der Waals surface area (Å²) in [5, 5.41) is 0. The number of halogens is 2. The van der Waals surface area contributed by atoms with Gasteiger partial charge in [0, 0.05) is 50.5 Å². The van der Waals surface area contributed by atoms with Gasteiger partial charge in [0.25, 0.3) is 0 Å². The van der Waals surface area contributed by atoms with Gasteiger partial charge in [-0.3, -0.25) is 4.90 Å². The standard InChI is InChI=1S/C19H23F2N3O2S/c1-15(14-22-27(25,26)19-12-16(20)11-17(21)13-19)23-7-9-24(10-8-23)18-5-3-2-4-6-18/h2-6,11-13,15,22H,7-10,14H2,1H3. The summed E-state index contributed by atoms with van der Waals surface area (Å²) in [5.74, 6) is -1.83. The molecule has 1 unspecified atom stereocenters. The summed E-state index contributed by atoms with van der Waals surface area (Å²) in [6, 6.07) is 12.4. The van der Waals surface area contributed by atoms with Crippen LogP contribution in [0, 0.1) is 11.6 Å². The fraction of sp³-hybridized carbons (Fsp3) is 0.368. The molecule has 0 radical (unpaired) electrons. The Labute approximate surface area is 158 Å². The third kappa shape index (κ3) is 5.03. The molecule has 1 heterocycles. The molecule has 27 heavy (non-hydrogen) atoms. The molecular weight excluding hydrogens is 372 g/mol. The van der Waals surface area contributed by atoms with Gasteiger partial charge in [0.15, 0.2) is 0 Å². The lowest BCUT2D eigenvalue weighted by Gasteiger charge is -2.39. The number of sulfonamides is 1. The number of piperazine rings is 1. The highest BCUT2D eigenvalue weighted by molar-refractivity contribution is 7.89. The van der Waals surface area contributed by atoms with Gasteiger partial charge in [-0.1, -0.05) is 18.2 Å². The van der Waals surface area contributed by atoms with Crippen molar-refractivity contribution in [2.75, 3.05) is 37.6 Å². The first-order chi connectivity index (χ1) is 12.8. The van der Waals surface area contributed by atoms with E-state index in [9.17, 15) is 17.2 Å². The van der Waals surface area contributed by atoms with E-state index in [0.717, 1.165) is 38.3 Å². The van der Waals surface area contributed by atoms with Crippen molar-refractivity contribution >= 4 is 15.7 Å². The van der Waals surface area contributed by atoms with E-state index in [1.165, 1.54) is 5.69 Å². The highest BCUT2D eigenvalue weighted by Gasteiger charge is 2.23. The van der Waals surface area contributed by atoms with Crippen molar-refractivity contribution in [2.45, 2.75) is 17.9 Å². The van der Waals surface area contributed by atoms with E-state index in [0.29, 0.717) is 6.07 Å². The molecule has 0 aromatic heterocycles. The predicted octanol–water partition coefficient (Wildman–Crippen LogP) is 2.45. The Hall–Kier alpha value is -2.03. The second-order valence-electron chi connectivity index (χ2n) is 6.66. The number of hydrogen-bond donors (Lipinski definition) is 1. The van der Waals surface area contributed by atoms with E-state index < -0.39 is 26.6 Å². The summed E-state index contributed by atoms with van der Waals surface area (Å²) in [5.41, 5.74) is 1.18. The largest absolute Gasteiger partial charge is 0.369 e. The van der Waals surface area contributed by atoms with Gasteiger partial charge >= 0.3 is 0 Å². The molecule has 0 saturated carbocycles. The number of para-hydroxylation sites is 1. The molecule has 3 rings (SSSR count). The van der Waals surface area contributed by atoms with Crippen LogP contribution in [-0.2, 0) is 10.0 Å². The number of benzene rings is 2. The van der Waals surface area contributed by atoms with Crippen LogP contribution in [0.1, 0.15) is 6.92 Å². The Morgan fingerprint density at radius 1 is 1.00 bits per heavy atom. The Bertz CT molecular complexity index is 850. The molecule has 146 valence electrons. The van der Waals surface area contributed by atoms with Gasteiger partial charge in [-0.2, -0.15) is 0 Å². The maximum Gasteiger partial charge on any atom is 0.240 e. The number of rotatable bonds is 6. The van der Waals surface area contributed by atoms with E-state index >= 15 is 0 Å². The number of anilines is 1. The zero-order valence-corrected chi connectivity index (χ0v) is 15.9. The van der Waals surface area contributed by atoms with Gasteiger partial charge in [-0.15, -0.1) is 0 Å². The Balaban J connectivity index is 1.54. The van der Waals surface area contributed by atoms with Crippen molar-refractivity contribution in [1.29, 1.82) is 0 Å². The molecule has 2 aromatic rings. The van der Waals surface area contributed by atoms with Crippen molar-refractivity contribution in [2.24, 2.45) is 0 Å². The monoisotopic (exact) mass is 395 g/mol. The molecule has 1 aliphatic heterocycles. The first-order valence-corrected chi connectivity index (χ1v) is 10.3. The summed E-state index contributed by atoms with van der Waals surface area (Å²) >= 11 is 0. The first kappa shape index (κ1) is 19.7. The maximum atomic E-state index is 13.3. The van der Waals surface area contributed by atoms with Crippen molar-refractivity contribution in [3.05, 3.63) is 60.2 Å². The van der Waals surface area contributed by atoms with Gasteiger partial charge in [0.05, 0.1) is 4.90 Å². The quantitative estimate of drug-likeness (QED) is 0.816. The van der Waals surface area contributed by atoms with Gasteiger partial charge in [-0.05, 0) is 31.2 Å². The molecule has 0 amide bonds. The summed E-state index contributed by atoms with van der Waals surface area (Å²) in [6.07, 6.45) is 0. The van der Waals surface area contributed by atoms with Crippen molar-refractivity contribution in [3.8, 4) is 0 Å². The third-order valence-electron chi connectivity index (χ3n) is 4.77. The molecular formula is C19H23F2N3O2S. The maximum absolute atomic E-state index is 13.3. The van der Waals surface area contributed by atoms with E-state index in [4.69, 9.17) is 0 Å². The zero-order valence-electron chi connectivity index (χ0n) is 15.1. The summed E-state index contributed by atoms with van der Waals surface area (Å²) in [6.45, 7) is 5.45. The third-order valence-corrected chi connectivity index (χ3v) is 6.18. The number of nitrogens with zero attached hydrogens (tertiary/aromatic N) is 2. The van der Waals surface area contributed by atoms with Crippen LogP contribution in [0.3, 0.4) is 0 Å². The van der Waals surface area contributed by atoms with Crippen LogP contribution in [0.4, 0.5) is 14.5 Å². The smallest absolute Gasteiger partial charge is 0.240 e. The van der Waals surface area contributed by atoms with E-state index in [2.05, 4.69) is 26.7 Å². The van der Waals surface area contributed by atoms with Crippen molar-refractivity contribution in [3.63, 3.8) is 0 Å². The molecule has 1 fully saturated rings. The van der Waals surface area contributed by atoms with Crippen LogP contribution < -0.4 is 9.62 Å². The fourth-order valence-electron chi connectivity index (χ4n) is 3.19. The highest BCUT2D eigenvalue weighted by atomic mass is 32.2. The fourth-order valence-corrected chi connectivity index (χ4v) is 4.35. The van der Waals surface area contributed by atoms with Gasteiger partial charge in [0.1, 0.15) is 11.6 Å². The van der Waals surface area contributed by atoms with Crippen LogP contribution in [0.15, 0.2) is 53.4 Å². The average molecular weight is 395 g/mol. The Kier molecular flexibility index (Phi) is 6.08. The lowest BCUT2D eigenvalue weighted by atomic mass is 10.2. The molecule has 1 atom stereocenters. The van der Waals surface area contributed by atoms with Crippen LogP contribution in [-0.4, -0.2) is 52.1 Å². The highest BCUT2D eigenvalue weighted by Crippen LogP contribution is 2.17. The molecule has 8 heteroatoms. The minimum atomic E-state index is -3.96. The lowest BCUT2D eigenvalue weighted by Crippen LogP contribution is -2.52. The zero-order chi connectivity index (χ0) is 19.4. The Morgan fingerprint density at radius 3 is 2.19 bits per heavy atom. The van der Waals surface area contributed by atoms with E-state index in [1.54, 1.807) is 0 Å². The van der Waals surface area contributed by atoms with Gasteiger partial charge in [0.2, 0.25) is 10.0 Å². The first-order valence-electron chi connectivity index (χ1n) is 8.85. The summed E-state index contributed by atoms with van der Waals surface area (Å²) in [7, 11) is -3.96. The van der Waals surface area contributed by atoms with Gasteiger partial charge in [-0.25, -0.2) is 21.9 Å². The minimum absolute atomic E-state index is 0.0314. The number of hydrogen-bond acceptors (Lipinski definition) is 4. The molecule has 1 saturated heterocycles. The van der Waals surface area contributed by atoms with Crippen molar-refractivity contribution < 1.29 is 17.2 Å². The summed E-state index contributed by atoms with van der Waals surface area (Å²) < 4.78 is 53.6. The molecule has 0 aliphatic carbocycles. The SMILES string of the molecule is CC(CNS(=O)(=O)c1cc(F)cc(F)c1)N1CCN(c2ccccc2)CC1. The van der Waals surface area contributed by atoms with Crippen LogP contribution in [0.25, 0.3) is 0 Å². The second-order valence-corrected chi connectivity index (χ2v) is 8.43. The normalized spacial score (nSPS) is 17.1. The van der Waals surface area contributed by atoms with E-state index in [1.807, 2.05) is 25.1 Å². The van der Waals surface area contributed by atoms with E-state index in [-0.39, 0.29) is 12.6 Å². The molecule has 2 aromatic carbocycles. The molecule has 0 bridgehead atoms. The van der Waals surface area contributed by atoms with Crippen LogP contribution >= 0.6 is 0 Å². The van der Waals surface area contributed by atoms with Crippen molar-refractivity contribution in [1.82, 2.24) is 9.62 Å². The predicted molar refractivity (Wildman–Crippen MR) is 101 cm³/mol. The average Bonchev–Trinajstić information content (AvgIpc) is 2.66. The minimum Gasteiger partial charge on any atom is -0.369 e. The lowest BCUT2D eigenvalue weighted by molar-refractivity contribution is 0.198. The van der Waals surface area contributed by atoms with Crippen LogP contribution in [0.2, 0.25) is 0 Å². The molecule has 1 N–H and O–H groups in total. The number of nitrogens with one attached hydrogen (secondary N) is 1. The summed E-state index contributed by atoms with van der Waals surface area (Å²) in [4.78, 5) is 4.10. The van der Waals surface area contributed by atoms with Crippen LogP contribution in [0.5, 0.6) is 0 Å².